The van der Waals surface area contributed by atoms with E-state index in [0.717, 1.165) is 28.1 Å². The molecule has 0 bridgehead atoms. The minimum Gasteiger partial charge on any atom is -0.378 e. The number of anilines is 1. The van der Waals surface area contributed by atoms with Gasteiger partial charge in [0.05, 0.1) is 23.9 Å². The Morgan fingerprint density at radius 1 is 1.09 bits per heavy atom. The van der Waals surface area contributed by atoms with Crippen molar-refractivity contribution in [1.82, 2.24) is 30.1 Å². The summed E-state index contributed by atoms with van der Waals surface area (Å²) in [5.41, 5.74) is 4.03. The number of Topliss-reactive ketones (excluding diaryl/α,β-unsaturated/α-hetero) is 1. The van der Waals surface area contributed by atoms with Crippen LogP contribution < -0.4 is 4.90 Å². The molecule has 2 aliphatic rings. The molecular weight excluding hydrogens is 573 g/mol. The minimum atomic E-state index is -0.840. The lowest BCUT2D eigenvalue weighted by molar-refractivity contribution is -0.136. The summed E-state index contributed by atoms with van der Waals surface area (Å²) in [6.45, 7) is 4.88. The summed E-state index contributed by atoms with van der Waals surface area (Å²) in [5.74, 6) is -0.437. The number of halogens is 2. The van der Waals surface area contributed by atoms with E-state index in [2.05, 4.69) is 25.4 Å². The van der Waals surface area contributed by atoms with Crippen molar-refractivity contribution in [2.24, 2.45) is 0 Å². The third-order valence-corrected chi connectivity index (χ3v) is 8.07. The lowest BCUT2D eigenvalue weighted by Crippen LogP contribution is -2.45. The van der Waals surface area contributed by atoms with Crippen molar-refractivity contribution in [3.8, 4) is 5.69 Å². The first-order chi connectivity index (χ1) is 20.9. The van der Waals surface area contributed by atoms with Crippen molar-refractivity contribution in [3.05, 3.63) is 99.7 Å². The van der Waals surface area contributed by atoms with Crippen molar-refractivity contribution < 1.29 is 18.7 Å². The molecule has 0 aliphatic carbocycles. The summed E-state index contributed by atoms with van der Waals surface area (Å²) in [6.07, 6.45) is 6.31. The van der Waals surface area contributed by atoms with Crippen LogP contribution in [0.3, 0.4) is 0 Å². The van der Waals surface area contributed by atoms with Crippen LogP contribution in [-0.4, -0.2) is 74.6 Å². The minimum absolute atomic E-state index is 0.0481. The van der Waals surface area contributed by atoms with Gasteiger partial charge in [0.1, 0.15) is 18.2 Å². The number of rotatable bonds is 7. The zero-order valence-corrected chi connectivity index (χ0v) is 24.2. The second kappa shape index (κ2) is 12.4. The van der Waals surface area contributed by atoms with Gasteiger partial charge in [-0.05, 0) is 59.2 Å². The van der Waals surface area contributed by atoms with Crippen LogP contribution in [-0.2, 0) is 27.2 Å². The molecule has 220 valence electrons. The van der Waals surface area contributed by atoms with Crippen LogP contribution >= 0.6 is 11.6 Å². The summed E-state index contributed by atoms with van der Waals surface area (Å²) < 4.78 is 22.0. The topological polar surface area (TPSA) is 106 Å². The molecule has 0 radical (unpaired) electrons. The van der Waals surface area contributed by atoms with Crippen molar-refractivity contribution in [2.75, 3.05) is 37.7 Å². The van der Waals surface area contributed by atoms with E-state index in [1.54, 1.807) is 17.2 Å². The van der Waals surface area contributed by atoms with E-state index in [1.807, 2.05) is 37.3 Å². The van der Waals surface area contributed by atoms with Crippen LogP contribution in [0.1, 0.15) is 33.9 Å². The first-order valence-corrected chi connectivity index (χ1v) is 14.4. The molecule has 4 aromatic rings. The first-order valence-electron chi connectivity index (χ1n) is 14.0. The van der Waals surface area contributed by atoms with Crippen LogP contribution in [0.4, 0.5) is 10.2 Å². The second-order valence-electron chi connectivity index (χ2n) is 10.5. The van der Waals surface area contributed by atoms with Crippen LogP contribution in [0.25, 0.3) is 11.8 Å². The van der Waals surface area contributed by atoms with Crippen molar-refractivity contribution >= 4 is 35.2 Å². The molecule has 2 aromatic heterocycles. The number of aromatic nitrogens is 5. The highest BCUT2D eigenvalue weighted by molar-refractivity contribution is 6.31. The van der Waals surface area contributed by atoms with E-state index in [9.17, 15) is 9.59 Å². The lowest BCUT2D eigenvalue weighted by Gasteiger charge is -2.38. The molecule has 6 rings (SSSR count). The molecule has 1 unspecified atom stereocenters. The van der Waals surface area contributed by atoms with Gasteiger partial charge in [-0.15, -0.1) is 5.10 Å². The molecule has 0 saturated carbocycles. The Bertz CT molecular complexity index is 1670. The molecule has 0 spiro atoms. The summed E-state index contributed by atoms with van der Waals surface area (Å²) >= 11 is 6.07. The molecule has 10 nitrogen and oxygen atoms in total. The third-order valence-electron chi connectivity index (χ3n) is 7.77. The molecule has 0 N–H and O–H groups in total. The number of benzene rings is 2. The third kappa shape index (κ3) is 5.91. The molecule has 2 aliphatic heterocycles. The molecule has 1 saturated heterocycles. The monoisotopic (exact) mass is 601 g/mol. The standard InChI is InChI=1S/C31H29ClFN7O3/c1-20-2-4-21(5-3-20)18-27(41)30-22-10-12-34-31(38-14-16-43-17-15-38)23(22)11-13-39(30)28(42)9-6-24-26(40-19-35-36-37-40)8-7-25(32)29(24)33/h2-10,12,19,30H,11,13-18H2,1H3/b9-6+. The van der Waals surface area contributed by atoms with E-state index in [-0.39, 0.29) is 22.8 Å². The van der Waals surface area contributed by atoms with Crippen LogP contribution in [0.2, 0.25) is 5.02 Å². The number of hydrogen-bond acceptors (Lipinski definition) is 8. The van der Waals surface area contributed by atoms with Crippen molar-refractivity contribution in [2.45, 2.75) is 25.8 Å². The molecular formula is C31H29ClFN7O3. The van der Waals surface area contributed by atoms with Gasteiger partial charge in [-0.3, -0.25) is 9.59 Å². The largest absolute Gasteiger partial charge is 0.378 e. The Morgan fingerprint density at radius 3 is 2.63 bits per heavy atom. The quantitative estimate of drug-likeness (QED) is 0.293. The number of morpholine rings is 1. The smallest absolute Gasteiger partial charge is 0.247 e. The van der Waals surface area contributed by atoms with Gasteiger partial charge in [-0.25, -0.2) is 9.37 Å². The van der Waals surface area contributed by atoms with Gasteiger partial charge in [-0.2, -0.15) is 4.68 Å². The number of carbonyl (C=O) groups excluding carboxylic acids is 2. The number of tetrazole rings is 1. The fraction of sp³-hybridized carbons (Fsp3) is 0.290. The Morgan fingerprint density at radius 2 is 1.88 bits per heavy atom. The molecule has 1 atom stereocenters. The number of pyridine rings is 1. The number of fused-ring (bicyclic) bond motifs is 1. The highest BCUT2D eigenvalue weighted by Crippen LogP contribution is 2.36. The van der Waals surface area contributed by atoms with Crippen LogP contribution in [0, 0.1) is 12.7 Å². The van der Waals surface area contributed by atoms with E-state index in [4.69, 9.17) is 16.3 Å². The summed E-state index contributed by atoms with van der Waals surface area (Å²) in [4.78, 5) is 36.2. The van der Waals surface area contributed by atoms with Gasteiger partial charge < -0.3 is 14.5 Å². The van der Waals surface area contributed by atoms with Gasteiger partial charge in [0, 0.05) is 49.5 Å². The van der Waals surface area contributed by atoms with E-state index >= 15 is 4.39 Å². The number of ketones is 1. The normalized spacial score (nSPS) is 16.9. The SMILES string of the molecule is Cc1ccc(CC(=O)C2c3ccnc(N4CCOCC4)c3CCN2C(=O)/C=C/c2c(-n3cnnn3)ccc(Cl)c2F)cc1. The Balaban J connectivity index is 1.36. The molecule has 1 fully saturated rings. The fourth-order valence-corrected chi connectivity index (χ4v) is 5.77. The number of amides is 1. The van der Waals surface area contributed by atoms with Crippen LogP contribution in [0.5, 0.6) is 0 Å². The predicted molar refractivity (Wildman–Crippen MR) is 158 cm³/mol. The Labute approximate surface area is 252 Å². The summed E-state index contributed by atoms with van der Waals surface area (Å²) in [5, 5.41) is 11.0. The maximum absolute atomic E-state index is 15.2. The number of aryl methyl sites for hydroxylation is 1. The molecule has 12 heteroatoms. The molecule has 4 heterocycles. The first kappa shape index (κ1) is 28.6. The van der Waals surface area contributed by atoms with Gasteiger partial charge in [0.15, 0.2) is 11.6 Å². The maximum Gasteiger partial charge on any atom is 0.247 e. The van der Waals surface area contributed by atoms with Crippen molar-refractivity contribution in [3.63, 3.8) is 0 Å². The number of carbonyl (C=O) groups is 2. The molecule has 43 heavy (non-hydrogen) atoms. The van der Waals surface area contributed by atoms with Gasteiger partial charge in [-0.1, -0.05) is 41.4 Å². The van der Waals surface area contributed by atoms with E-state index in [0.29, 0.717) is 45.0 Å². The summed E-state index contributed by atoms with van der Waals surface area (Å²) in [7, 11) is 0. The highest BCUT2D eigenvalue weighted by Gasteiger charge is 2.37. The van der Waals surface area contributed by atoms with Crippen LogP contribution in [0.15, 0.2) is 61.1 Å². The predicted octanol–water partition coefficient (Wildman–Crippen LogP) is 3.95. The summed E-state index contributed by atoms with van der Waals surface area (Å²) in [6, 6.07) is 11.7. The fourth-order valence-electron chi connectivity index (χ4n) is 5.61. The maximum atomic E-state index is 15.2. The van der Waals surface area contributed by atoms with E-state index < -0.39 is 17.8 Å². The number of ether oxygens (including phenoxy) is 1. The second-order valence-corrected chi connectivity index (χ2v) is 10.9. The zero-order chi connectivity index (χ0) is 29.9. The van der Waals surface area contributed by atoms with E-state index in [1.165, 1.54) is 29.2 Å². The lowest BCUT2D eigenvalue weighted by atomic mass is 9.88. The highest BCUT2D eigenvalue weighted by atomic mass is 35.5. The van der Waals surface area contributed by atoms with Crippen molar-refractivity contribution in [1.29, 1.82) is 0 Å². The molecule has 1 amide bonds. The average Bonchev–Trinajstić information content (AvgIpc) is 3.57. The van der Waals surface area contributed by atoms with Gasteiger partial charge in [0.25, 0.3) is 0 Å². The Kier molecular flexibility index (Phi) is 8.26. The average molecular weight is 602 g/mol. The van der Waals surface area contributed by atoms with Gasteiger partial charge in [0.2, 0.25) is 5.91 Å². The zero-order valence-electron chi connectivity index (χ0n) is 23.5. The van der Waals surface area contributed by atoms with Gasteiger partial charge >= 0.3 is 0 Å². The Hall–Kier alpha value is -4.48. The number of nitrogens with zero attached hydrogens (tertiary/aromatic N) is 7. The molecule has 2 aromatic carbocycles. The number of hydrogen-bond donors (Lipinski definition) is 0.